The zero-order chi connectivity index (χ0) is 9.40. The minimum Gasteiger partial charge on any atom is -0.394 e. The summed E-state index contributed by atoms with van der Waals surface area (Å²) in [6.07, 6.45) is -0.720. The number of aliphatic hydroxyl groups is 2. The van der Waals surface area contributed by atoms with E-state index in [0.717, 1.165) is 0 Å². The second-order valence-electron chi connectivity index (χ2n) is 2.52. The van der Waals surface area contributed by atoms with E-state index < -0.39 is 6.10 Å². The van der Waals surface area contributed by atoms with Gasteiger partial charge in [0.05, 0.1) is 12.7 Å². The van der Waals surface area contributed by atoms with E-state index in [-0.39, 0.29) is 12.5 Å². The highest BCUT2D eigenvalue weighted by Crippen LogP contribution is 1.74. The molecule has 0 aromatic carbocycles. The van der Waals surface area contributed by atoms with Crippen LogP contribution in [0, 0.1) is 0 Å². The summed E-state index contributed by atoms with van der Waals surface area (Å²) in [5.74, 6) is -0.0699. The van der Waals surface area contributed by atoms with Gasteiger partial charge in [-0.1, -0.05) is 0 Å². The fourth-order valence-electron chi connectivity index (χ4n) is 0.660. The van der Waals surface area contributed by atoms with Gasteiger partial charge in [-0.2, -0.15) is 0 Å². The van der Waals surface area contributed by atoms with Crippen molar-refractivity contribution in [3.63, 3.8) is 0 Å². The maximum absolute atomic E-state index is 10.4. The number of amides is 1. The van der Waals surface area contributed by atoms with Crippen molar-refractivity contribution in [2.75, 3.05) is 26.2 Å². The van der Waals surface area contributed by atoms with Crippen LogP contribution in [0.3, 0.4) is 0 Å². The fraction of sp³-hybridized carbons (Fsp3) is 0.857. The highest BCUT2D eigenvalue weighted by molar-refractivity contribution is 5.72. The van der Waals surface area contributed by atoms with Crippen LogP contribution in [0.1, 0.15) is 6.92 Å². The van der Waals surface area contributed by atoms with Crippen LogP contribution in [0.25, 0.3) is 0 Å². The maximum Gasteiger partial charge on any atom is 0.216 e. The molecule has 0 radical (unpaired) electrons. The van der Waals surface area contributed by atoms with Crippen LogP contribution in [0.5, 0.6) is 0 Å². The summed E-state index contributed by atoms with van der Waals surface area (Å²) in [6.45, 7) is 2.68. The molecule has 12 heavy (non-hydrogen) atoms. The molecule has 0 bridgehead atoms. The normalized spacial score (nSPS) is 12.6. The minimum absolute atomic E-state index is 0.0699. The standard InChI is InChI=1S/C7H16N2O3/c1-6(11)9-3-2-8-4-7(12)5-10/h7-8,10,12H,2-5H2,1H3,(H,9,11)/t7-/m0/s1. The molecule has 0 aliphatic carbocycles. The third-order valence-electron chi connectivity index (χ3n) is 1.27. The molecule has 0 aliphatic heterocycles. The minimum atomic E-state index is -0.720. The molecule has 0 aromatic heterocycles. The Morgan fingerprint density at radius 1 is 1.50 bits per heavy atom. The number of nitrogens with one attached hydrogen (secondary N) is 2. The van der Waals surface area contributed by atoms with Gasteiger partial charge in [-0.15, -0.1) is 0 Å². The van der Waals surface area contributed by atoms with Crippen LogP contribution in [0.2, 0.25) is 0 Å². The Kier molecular flexibility index (Phi) is 6.64. The molecule has 0 unspecified atom stereocenters. The molecular weight excluding hydrogens is 160 g/mol. The molecule has 1 amide bonds. The summed E-state index contributed by atoms with van der Waals surface area (Å²) in [6, 6.07) is 0. The summed E-state index contributed by atoms with van der Waals surface area (Å²) >= 11 is 0. The molecule has 72 valence electrons. The Morgan fingerprint density at radius 2 is 2.17 bits per heavy atom. The highest BCUT2D eigenvalue weighted by Gasteiger charge is 1.99. The maximum atomic E-state index is 10.4. The number of hydrogen-bond donors (Lipinski definition) is 4. The zero-order valence-electron chi connectivity index (χ0n) is 7.21. The van der Waals surface area contributed by atoms with Gasteiger partial charge in [-0.3, -0.25) is 4.79 Å². The van der Waals surface area contributed by atoms with Crippen molar-refractivity contribution < 1.29 is 15.0 Å². The number of carbonyl (C=O) groups is 1. The molecule has 0 heterocycles. The predicted molar refractivity (Wildman–Crippen MR) is 44.6 cm³/mol. The fourth-order valence-corrected chi connectivity index (χ4v) is 0.660. The summed E-state index contributed by atoms with van der Waals surface area (Å²) < 4.78 is 0. The lowest BCUT2D eigenvalue weighted by Crippen LogP contribution is -2.35. The first-order chi connectivity index (χ1) is 5.66. The van der Waals surface area contributed by atoms with E-state index in [1.54, 1.807) is 0 Å². The largest absolute Gasteiger partial charge is 0.394 e. The summed E-state index contributed by atoms with van der Waals surface area (Å²) in [5.41, 5.74) is 0. The monoisotopic (exact) mass is 176 g/mol. The van der Waals surface area contributed by atoms with Crippen LogP contribution >= 0.6 is 0 Å². The third kappa shape index (κ3) is 7.46. The first-order valence-electron chi connectivity index (χ1n) is 3.91. The molecule has 0 fully saturated rings. The molecule has 0 saturated heterocycles. The predicted octanol–water partition coefficient (Wildman–Crippen LogP) is -1.93. The van der Waals surface area contributed by atoms with Crippen LogP contribution < -0.4 is 10.6 Å². The number of carbonyl (C=O) groups excluding carboxylic acids is 1. The molecule has 0 aromatic rings. The van der Waals surface area contributed by atoms with E-state index in [1.807, 2.05) is 0 Å². The van der Waals surface area contributed by atoms with Gasteiger partial charge in [0, 0.05) is 26.6 Å². The Bertz CT molecular complexity index is 130. The van der Waals surface area contributed by atoms with Gasteiger partial charge in [-0.25, -0.2) is 0 Å². The van der Waals surface area contributed by atoms with Crippen LogP contribution in [-0.2, 0) is 4.79 Å². The average Bonchev–Trinajstić information content (AvgIpc) is 2.03. The Balaban J connectivity index is 3.05. The first kappa shape index (κ1) is 11.4. The van der Waals surface area contributed by atoms with Crippen molar-refractivity contribution in [1.29, 1.82) is 0 Å². The van der Waals surface area contributed by atoms with E-state index in [0.29, 0.717) is 19.6 Å². The second-order valence-corrected chi connectivity index (χ2v) is 2.52. The molecule has 0 aliphatic rings. The molecule has 0 saturated carbocycles. The van der Waals surface area contributed by atoms with Crippen LogP contribution in [-0.4, -0.2) is 48.5 Å². The first-order valence-corrected chi connectivity index (χ1v) is 3.91. The lowest BCUT2D eigenvalue weighted by Gasteiger charge is -2.08. The SMILES string of the molecule is CC(=O)NCCNC[C@H](O)CO. The topological polar surface area (TPSA) is 81.6 Å². The van der Waals surface area contributed by atoms with Crippen molar-refractivity contribution in [1.82, 2.24) is 10.6 Å². The summed E-state index contributed by atoms with van der Waals surface area (Å²) in [7, 11) is 0. The van der Waals surface area contributed by atoms with Crippen molar-refractivity contribution in [3.05, 3.63) is 0 Å². The Morgan fingerprint density at radius 3 is 2.67 bits per heavy atom. The Hall–Kier alpha value is -0.650. The second kappa shape index (κ2) is 7.02. The van der Waals surface area contributed by atoms with E-state index in [9.17, 15) is 4.79 Å². The third-order valence-corrected chi connectivity index (χ3v) is 1.27. The Labute approximate surface area is 71.8 Å². The molecule has 5 heteroatoms. The average molecular weight is 176 g/mol. The van der Waals surface area contributed by atoms with Crippen LogP contribution in [0.15, 0.2) is 0 Å². The summed E-state index contributed by atoms with van der Waals surface area (Å²) in [5, 5.41) is 22.7. The van der Waals surface area contributed by atoms with E-state index in [4.69, 9.17) is 10.2 Å². The van der Waals surface area contributed by atoms with Crippen molar-refractivity contribution in [2.45, 2.75) is 13.0 Å². The van der Waals surface area contributed by atoms with Gasteiger partial charge in [0.15, 0.2) is 0 Å². The number of rotatable bonds is 6. The number of hydrogen-bond acceptors (Lipinski definition) is 4. The summed E-state index contributed by atoms with van der Waals surface area (Å²) in [4.78, 5) is 10.4. The molecule has 4 N–H and O–H groups in total. The molecule has 0 spiro atoms. The number of aliphatic hydroxyl groups excluding tert-OH is 2. The van der Waals surface area contributed by atoms with E-state index in [1.165, 1.54) is 6.92 Å². The van der Waals surface area contributed by atoms with Gasteiger partial charge in [0.25, 0.3) is 0 Å². The van der Waals surface area contributed by atoms with E-state index in [2.05, 4.69) is 10.6 Å². The van der Waals surface area contributed by atoms with Gasteiger partial charge >= 0.3 is 0 Å². The van der Waals surface area contributed by atoms with E-state index >= 15 is 0 Å². The van der Waals surface area contributed by atoms with Crippen molar-refractivity contribution in [2.24, 2.45) is 0 Å². The van der Waals surface area contributed by atoms with Crippen LogP contribution in [0.4, 0.5) is 0 Å². The lowest BCUT2D eigenvalue weighted by molar-refractivity contribution is -0.118. The molecule has 0 rings (SSSR count). The van der Waals surface area contributed by atoms with Gasteiger partial charge < -0.3 is 20.8 Å². The van der Waals surface area contributed by atoms with Gasteiger partial charge in [-0.05, 0) is 0 Å². The molecule has 5 nitrogen and oxygen atoms in total. The zero-order valence-corrected chi connectivity index (χ0v) is 7.21. The van der Waals surface area contributed by atoms with Gasteiger partial charge in [0.2, 0.25) is 5.91 Å². The van der Waals surface area contributed by atoms with Gasteiger partial charge in [0.1, 0.15) is 0 Å². The highest BCUT2D eigenvalue weighted by atomic mass is 16.3. The van der Waals surface area contributed by atoms with Crippen molar-refractivity contribution in [3.8, 4) is 0 Å². The van der Waals surface area contributed by atoms with Crippen molar-refractivity contribution >= 4 is 5.91 Å². The quantitative estimate of drug-likeness (QED) is 0.355. The molecule has 1 atom stereocenters. The lowest BCUT2D eigenvalue weighted by atomic mass is 10.4. The molecular formula is C7H16N2O3. The smallest absolute Gasteiger partial charge is 0.216 e.